The molecule has 0 bridgehead atoms. The van der Waals surface area contributed by atoms with Gasteiger partial charge in [-0.2, -0.15) is 0 Å². The maximum absolute atomic E-state index is 5.71. The van der Waals surface area contributed by atoms with E-state index in [1.165, 1.54) is 16.7 Å². The minimum Gasteiger partial charge on any atom is -0.497 e. The molecule has 0 aliphatic heterocycles. The summed E-state index contributed by atoms with van der Waals surface area (Å²) in [5, 5.41) is 0. The first-order valence-electron chi connectivity index (χ1n) is 6.39. The van der Waals surface area contributed by atoms with E-state index in [2.05, 4.69) is 30.5 Å². The summed E-state index contributed by atoms with van der Waals surface area (Å²) in [4.78, 5) is 0. The standard InChI is InChI=1S/C16H20N2O/c1-12-10-14(19-2)8-9-15(12)16(18-17)11-13-6-4-3-5-7-13/h3-10,16,18H,11,17H2,1-2H3. The highest BCUT2D eigenvalue weighted by Gasteiger charge is 2.13. The highest BCUT2D eigenvalue weighted by atomic mass is 16.5. The van der Waals surface area contributed by atoms with Crippen molar-refractivity contribution in [2.75, 3.05) is 7.11 Å². The van der Waals surface area contributed by atoms with E-state index in [9.17, 15) is 0 Å². The molecule has 100 valence electrons. The van der Waals surface area contributed by atoms with E-state index in [0.717, 1.165) is 12.2 Å². The number of hydrogen-bond acceptors (Lipinski definition) is 3. The Hall–Kier alpha value is -1.84. The number of benzene rings is 2. The van der Waals surface area contributed by atoms with E-state index < -0.39 is 0 Å². The van der Waals surface area contributed by atoms with Crippen LogP contribution in [0.1, 0.15) is 22.7 Å². The number of ether oxygens (including phenoxy) is 1. The van der Waals surface area contributed by atoms with Crippen LogP contribution in [0.3, 0.4) is 0 Å². The van der Waals surface area contributed by atoms with Gasteiger partial charge in [-0.15, -0.1) is 0 Å². The quantitative estimate of drug-likeness (QED) is 0.639. The van der Waals surface area contributed by atoms with E-state index in [4.69, 9.17) is 10.6 Å². The van der Waals surface area contributed by atoms with E-state index in [0.29, 0.717) is 0 Å². The minimum atomic E-state index is 0.105. The molecule has 19 heavy (non-hydrogen) atoms. The Balaban J connectivity index is 2.22. The van der Waals surface area contributed by atoms with Crippen LogP contribution in [0.5, 0.6) is 5.75 Å². The van der Waals surface area contributed by atoms with E-state index in [-0.39, 0.29) is 6.04 Å². The van der Waals surface area contributed by atoms with Crippen LogP contribution in [0.25, 0.3) is 0 Å². The van der Waals surface area contributed by atoms with Crippen molar-refractivity contribution in [3.63, 3.8) is 0 Å². The van der Waals surface area contributed by atoms with Crippen molar-refractivity contribution in [2.45, 2.75) is 19.4 Å². The van der Waals surface area contributed by atoms with Gasteiger partial charge in [0.1, 0.15) is 5.75 Å². The largest absolute Gasteiger partial charge is 0.497 e. The lowest BCUT2D eigenvalue weighted by molar-refractivity contribution is 0.414. The summed E-state index contributed by atoms with van der Waals surface area (Å²) < 4.78 is 5.23. The number of hydrazine groups is 1. The summed E-state index contributed by atoms with van der Waals surface area (Å²) in [6.07, 6.45) is 0.866. The van der Waals surface area contributed by atoms with E-state index in [1.54, 1.807) is 7.11 Å². The summed E-state index contributed by atoms with van der Waals surface area (Å²) in [5.74, 6) is 6.58. The third-order valence-electron chi connectivity index (χ3n) is 3.34. The van der Waals surface area contributed by atoms with Crippen LogP contribution < -0.4 is 16.0 Å². The zero-order valence-electron chi connectivity index (χ0n) is 11.4. The second kappa shape index (κ2) is 6.36. The summed E-state index contributed by atoms with van der Waals surface area (Å²) in [7, 11) is 1.68. The molecule has 0 radical (unpaired) electrons. The number of nitrogens with two attached hydrogens (primary N) is 1. The zero-order chi connectivity index (χ0) is 13.7. The molecule has 2 rings (SSSR count). The summed E-state index contributed by atoms with van der Waals surface area (Å²) in [6, 6.07) is 16.5. The van der Waals surface area contributed by atoms with Gasteiger partial charge in [0.15, 0.2) is 0 Å². The predicted octanol–water partition coefficient (Wildman–Crippen LogP) is 2.75. The van der Waals surface area contributed by atoms with Crippen LogP contribution >= 0.6 is 0 Å². The fourth-order valence-electron chi connectivity index (χ4n) is 2.27. The molecule has 0 amide bonds. The minimum absolute atomic E-state index is 0.105. The Bertz CT molecular complexity index is 526. The Morgan fingerprint density at radius 1 is 1.16 bits per heavy atom. The van der Waals surface area contributed by atoms with Crippen molar-refractivity contribution in [1.82, 2.24) is 5.43 Å². The first-order chi connectivity index (χ1) is 9.24. The molecule has 3 heteroatoms. The van der Waals surface area contributed by atoms with Crippen molar-refractivity contribution >= 4 is 0 Å². The Morgan fingerprint density at radius 2 is 1.89 bits per heavy atom. The van der Waals surface area contributed by atoms with Crippen molar-refractivity contribution in [3.05, 3.63) is 65.2 Å². The predicted molar refractivity (Wildman–Crippen MR) is 77.9 cm³/mol. The topological polar surface area (TPSA) is 47.3 Å². The van der Waals surface area contributed by atoms with Gasteiger partial charge in [0.2, 0.25) is 0 Å². The fourth-order valence-corrected chi connectivity index (χ4v) is 2.27. The molecule has 0 aromatic heterocycles. The Kier molecular flexibility index (Phi) is 4.55. The van der Waals surface area contributed by atoms with E-state index >= 15 is 0 Å². The number of hydrogen-bond donors (Lipinski definition) is 2. The number of aryl methyl sites for hydroxylation is 1. The molecule has 0 aliphatic rings. The Labute approximate surface area is 114 Å². The van der Waals surface area contributed by atoms with Gasteiger partial charge < -0.3 is 4.74 Å². The maximum Gasteiger partial charge on any atom is 0.119 e. The summed E-state index contributed by atoms with van der Waals surface area (Å²) in [6.45, 7) is 2.08. The van der Waals surface area contributed by atoms with Crippen LogP contribution in [-0.4, -0.2) is 7.11 Å². The van der Waals surface area contributed by atoms with Crippen molar-refractivity contribution in [1.29, 1.82) is 0 Å². The highest BCUT2D eigenvalue weighted by Crippen LogP contribution is 2.24. The van der Waals surface area contributed by atoms with Crippen LogP contribution in [0, 0.1) is 6.92 Å². The van der Waals surface area contributed by atoms with Crippen molar-refractivity contribution in [3.8, 4) is 5.75 Å². The van der Waals surface area contributed by atoms with Gasteiger partial charge in [0.05, 0.1) is 13.2 Å². The maximum atomic E-state index is 5.71. The number of methoxy groups -OCH3 is 1. The van der Waals surface area contributed by atoms with Gasteiger partial charge in [-0.3, -0.25) is 11.3 Å². The van der Waals surface area contributed by atoms with Crippen molar-refractivity contribution in [2.24, 2.45) is 5.84 Å². The van der Waals surface area contributed by atoms with Crippen LogP contribution in [0.15, 0.2) is 48.5 Å². The molecule has 0 aliphatic carbocycles. The van der Waals surface area contributed by atoms with Gasteiger partial charge in [-0.1, -0.05) is 36.4 Å². The zero-order valence-corrected chi connectivity index (χ0v) is 11.4. The molecule has 3 nitrogen and oxygen atoms in total. The SMILES string of the molecule is COc1ccc(C(Cc2ccccc2)NN)c(C)c1. The van der Waals surface area contributed by atoms with Gasteiger partial charge in [-0.05, 0) is 42.2 Å². The van der Waals surface area contributed by atoms with Gasteiger partial charge in [0, 0.05) is 0 Å². The number of rotatable bonds is 5. The lowest BCUT2D eigenvalue weighted by Crippen LogP contribution is -2.30. The van der Waals surface area contributed by atoms with Crippen LogP contribution in [-0.2, 0) is 6.42 Å². The fraction of sp³-hybridized carbons (Fsp3) is 0.250. The van der Waals surface area contributed by atoms with Gasteiger partial charge in [0.25, 0.3) is 0 Å². The number of nitrogens with one attached hydrogen (secondary N) is 1. The van der Waals surface area contributed by atoms with E-state index in [1.807, 2.05) is 30.3 Å². The van der Waals surface area contributed by atoms with Crippen LogP contribution in [0.4, 0.5) is 0 Å². The second-order valence-electron chi connectivity index (χ2n) is 4.63. The molecule has 0 spiro atoms. The lowest BCUT2D eigenvalue weighted by atomic mass is 9.95. The molecule has 2 aromatic carbocycles. The lowest BCUT2D eigenvalue weighted by Gasteiger charge is -2.19. The van der Waals surface area contributed by atoms with Gasteiger partial charge >= 0.3 is 0 Å². The molecule has 2 aromatic rings. The molecule has 0 fully saturated rings. The molecule has 3 N–H and O–H groups in total. The smallest absolute Gasteiger partial charge is 0.119 e. The Morgan fingerprint density at radius 3 is 2.47 bits per heavy atom. The average molecular weight is 256 g/mol. The molecule has 1 atom stereocenters. The third kappa shape index (κ3) is 3.34. The second-order valence-corrected chi connectivity index (χ2v) is 4.63. The monoisotopic (exact) mass is 256 g/mol. The van der Waals surface area contributed by atoms with Crippen molar-refractivity contribution < 1.29 is 4.74 Å². The molecule has 0 saturated heterocycles. The molecule has 1 unspecified atom stereocenters. The molecular weight excluding hydrogens is 236 g/mol. The molecule has 0 heterocycles. The third-order valence-corrected chi connectivity index (χ3v) is 3.34. The van der Waals surface area contributed by atoms with Crippen LogP contribution in [0.2, 0.25) is 0 Å². The first-order valence-corrected chi connectivity index (χ1v) is 6.39. The highest BCUT2D eigenvalue weighted by molar-refractivity contribution is 5.37. The average Bonchev–Trinajstić information content (AvgIpc) is 2.46. The summed E-state index contributed by atoms with van der Waals surface area (Å²) >= 11 is 0. The first kappa shape index (κ1) is 13.6. The van der Waals surface area contributed by atoms with Gasteiger partial charge in [-0.25, -0.2) is 0 Å². The molecule has 0 saturated carbocycles. The normalized spacial score (nSPS) is 12.2. The summed E-state index contributed by atoms with van der Waals surface area (Å²) in [5.41, 5.74) is 6.55. The molecular formula is C16H20N2O.